The summed E-state index contributed by atoms with van der Waals surface area (Å²) in [7, 11) is 0. The average Bonchev–Trinajstić information content (AvgIpc) is 2.64. The van der Waals surface area contributed by atoms with Crippen LogP contribution in [0.1, 0.15) is 58.4 Å². The molecule has 1 aliphatic carbocycles. The molecule has 1 saturated carbocycles. The van der Waals surface area contributed by atoms with Crippen molar-refractivity contribution in [3.8, 4) is 0 Å². The number of likely N-dealkylation sites (tertiary alicyclic amines) is 1. The van der Waals surface area contributed by atoms with Crippen molar-refractivity contribution in [2.45, 2.75) is 71.1 Å². The smallest absolute Gasteiger partial charge is 0.410 e. The molecule has 1 saturated heterocycles. The standard InChI is InChI=1S/C22H31NO4/c1-22(2,3)27-20(24)19-13-17-11-7-8-12-18(17)14-23(19)21(25)26-15-16-9-5-4-6-10-16/h4-6,9-10,17-19H,7-8,11-15H2,1-3H3. The predicted octanol–water partition coefficient (Wildman–Crippen LogP) is 4.55. The van der Waals surface area contributed by atoms with Crippen LogP contribution in [0.15, 0.2) is 30.3 Å². The van der Waals surface area contributed by atoms with E-state index >= 15 is 0 Å². The normalized spacial score (nSPS) is 25.4. The maximum atomic E-state index is 12.8. The van der Waals surface area contributed by atoms with Gasteiger partial charge in [-0.15, -0.1) is 0 Å². The van der Waals surface area contributed by atoms with Gasteiger partial charge in [0.05, 0.1) is 0 Å². The van der Waals surface area contributed by atoms with Gasteiger partial charge in [0.15, 0.2) is 0 Å². The zero-order valence-electron chi connectivity index (χ0n) is 16.6. The number of fused-ring (bicyclic) bond motifs is 1. The number of amides is 1. The minimum absolute atomic E-state index is 0.214. The number of benzene rings is 1. The number of ether oxygens (including phenoxy) is 2. The quantitative estimate of drug-likeness (QED) is 0.730. The summed E-state index contributed by atoms with van der Waals surface area (Å²) in [6.07, 6.45) is 4.93. The first-order valence-electron chi connectivity index (χ1n) is 10.0. The van der Waals surface area contributed by atoms with E-state index in [2.05, 4.69) is 0 Å². The Hall–Kier alpha value is -2.04. The van der Waals surface area contributed by atoms with E-state index in [1.165, 1.54) is 12.8 Å². The van der Waals surface area contributed by atoms with E-state index in [0.717, 1.165) is 18.4 Å². The number of nitrogens with zero attached hydrogens (tertiary/aromatic N) is 1. The molecule has 0 N–H and O–H groups in total. The van der Waals surface area contributed by atoms with Gasteiger partial charge in [-0.25, -0.2) is 9.59 Å². The zero-order chi connectivity index (χ0) is 19.4. The molecular weight excluding hydrogens is 342 g/mol. The second kappa shape index (κ2) is 8.32. The number of carbonyl (C=O) groups excluding carboxylic acids is 2. The second-order valence-corrected chi connectivity index (χ2v) is 8.78. The third-order valence-electron chi connectivity index (χ3n) is 5.52. The highest BCUT2D eigenvalue weighted by atomic mass is 16.6. The van der Waals surface area contributed by atoms with E-state index in [0.29, 0.717) is 24.8 Å². The Morgan fingerprint density at radius 2 is 1.74 bits per heavy atom. The molecule has 27 heavy (non-hydrogen) atoms. The Labute approximate surface area is 162 Å². The summed E-state index contributed by atoms with van der Waals surface area (Å²) >= 11 is 0. The van der Waals surface area contributed by atoms with Crippen LogP contribution >= 0.6 is 0 Å². The Morgan fingerprint density at radius 1 is 1.07 bits per heavy atom. The van der Waals surface area contributed by atoms with Crippen LogP contribution in [0.4, 0.5) is 4.79 Å². The highest BCUT2D eigenvalue weighted by Gasteiger charge is 2.44. The van der Waals surface area contributed by atoms with Crippen molar-refractivity contribution < 1.29 is 19.1 Å². The average molecular weight is 373 g/mol. The summed E-state index contributed by atoms with van der Waals surface area (Å²) in [5.74, 6) is 0.638. The molecule has 3 rings (SSSR count). The van der Waals surface area contributed by atoms with Gasteiger partial charge in [0.1, 0.15) is 18.2 Å². The molecule has 3 atom stereocenters. The topological polar surface area (TPSA) is 55.8 Å². The monoisotopic (exact) mass is 373 g/mol. The van der Waals surface area contributed by atoms with Crippen molar-refractivity contribution in [2.75, 3.05) is 6.54 Å². The molecule has 148 valence electrons. The number of rotatable bonds is 3. The van der Waals surface area contributed by atoms with Crippen molar-refractivity contribution in [3.05, 3.63) is 35.9 Å². The lowest BCUT2D eigenvalue weighted by Crippen LogP contribution is -2.55. The highest BCUT2D eigenvalue weighted by Crippen LogP contribution is 2.39. The second-order valence-electron chi connectivity index (χ2n) is 8.78. The molecule has 2 fully saturated rings. The lowest BCUT2D eigenvalue weighted by atomic mass is 9.73. The summed E-state index contributed by atoms with van der Waals surface area (Å²) in [5.41, 5.74) is 0.368. The van der Waals surface area contributed by atoms with Crippen molar-refractivity contribution in [3.63, 3.8) is 0 Å². The first kappa shape index (κ1) is 19.7. The summed E-state index contributed by atoms with van der Waals surface area (Å²) in [6.45, 7) is 6.37. The predicted molar refractivity (Wildman–Crippen MR) is 103 cm³/mol. The van der Waals surface area contributed by atoms with Crippen molar-refractivity contribution >= 4 is 12.1 Å². The fourth-order valence-corrected chi connectivity index (χ4v) is 4.23. The maximum absolute atomic E-state index is 12.8. The van der Waals surface area contributed by atoms with Gasteiger partial charge in [-0.2, -0.15) is 0 Å². The van der Waals surface area contributed by atoms with E-state index in [4.69, 9.17) is 9.47 Å². The van der Waals surface area contributed by atoms with Crippen LogP contribution in [0, 0.1) is 11.8 Å². The third kappa shape index (κ3) is 5.24. The van der Waals surface area contributed by atoms with Gasteiger partial charge in [0, 0.05) is 6.54 Å². The van der Waals surface area contributed by atoms with E-state index in [1.54, 1.807) is 4.90 Å². The van der Waals surface area contributed by atoms with Crippen LogP contribution in [0.2, 0.25) is 0 Å². The number of esters is 1. The van der Waals surface area contributed by atoms with Gasteiger partial charge >= 0.3 is 12.1 Å². The zero-order valence-corrected chi connectivity index (χ0v) is 16.6. The van der Waals surface area contributed by atoms with Crippen LogP contribution in [0.5, 0.6) is 0 Å². The molecule has 1 amide bonds. The minimum atomic E-state index is -0.569. The molecule has 0 bridgehead atoms. The first-order chi connectivity index (χ1) is 12.8. The van der Waals surface area contributed by atoms with E-state index in [1.807, 2.05) is 51.1 Å². The van der Waals surface area contributed by atoms with Crippen molar-refractivity contribution in [2.24, 2.45) is 11.8 Å². The number of piperidine rings is 1. The molecule has 0 spiro atoms. The molecule has 1 aromatic rings. The molecule has 0 aromatic heterocycles. The van der Waals surface area contributed by atoms with Gasteiger partial charge in [0.2, 0.25) is 0 Å². The van der Waals surface area contributed by atoms with Gasteiger partial charge in [0.25, 0.3) is 0 Å². The Kier molecular flexibility index (Phi) is 6.08. The van der Waals surface area contributed by atoms with Crippen molar-refractivity contribution in [1.82, 2.24) is 4.90 Å². The molecule has 1 heterocycles. The highest BCUT2D eigenvalue weighted by molar-refractivity contribution is 5.82. The SMILES string of the molecule is CC(C)(C)OC(=O)C1CC2CCCCC2CN1C(=O)OCc1ccccc1. The lowest BCUT2D eigenvalue weighted by molar-refractivity contribution is -0.164. The molecule has 2 aliphatic rings. The summed E-state index contributed by atoms with van der Waals surface area (Å²) in [4.78, 5) is 27.2. The van der Waals surface area contributed by atoms with Gasteiger partial charge in [-0.3, -0.25) is 4.90 Å². The third-order valence-corrected chi connectivity index (χ3v) is 5.52. The lowest BCUT2D eigenvalue weighted by Gasteiger charge is -2.44. The van der Waals surface area contributed by atoms with Crippen LogP contribution in [-0.2, 0) is 20.9 Å². The van der Waals surface area contributed by atoms with Gasteiger partial charge in [-0.1, -0.05) is 49.6 Å². The number of hydrogen-bond donors (Lipinski definition) is 0. The van der Waals surface area contributed by atoms with Gasteiger partial charge < -0.3 is 9.47 Å². The largest absolute Gasteiger partial charge is 0.458 e. The summed E-state index contributed by atoms with van der Waals surface area (Å²) in [5, 5.41) is 0. The van der Waals surface area contributed by atoms with Crippen LogP contribution < -0.4 is 0 Å². The Bertz CT molecular complexity index is 652. The molecule has 1 aliphatic heterocycles. The van der Waals surface area contributed by atoms with E-state index < -0.39 is 17.7 Å². The Morgan fingerprint density at radius 3 is 2.41 bits per heavy atom. The molecule has 5 nitrogen and oxygen atoms in total. The molecule has 1 aromatic carbocycles. The van der Waals surface area contributed by atoms with E-state index in [9.17, 15) is 9.59 Å². The van der Waals surface area contributed by atoms with Crippen LogP contribution in [0.25, 0.3) is 0 Å². The molecule has 0 radical (unpaired) electrons. The van der Waals surface area contributed by atoms with Gasteiger partial charge in [-0.05, 0) is 51.0 Å². The Balaban J connectivity index is 1.71. The molecular formula is C22H31NO4. The van der Waals surface area contributed by atoms with Crippen LogP contribution in [0.3, 0.4) is 0 Å². The number of hydrogen-bond acceptors (Lipinski definition) is 4. The van der Waals surface area contributed by atoms with Crippen LogP contribution in [-0.4, -0.2) is 35.2 Å². The molecule has 5 heteroatoms. The molecule has 3 unspecified atom stereocenters. The van der Waals surface area contributed by atoms with E-state index in [-0.39, 0.29) is 12.6 Å². The maximum Gasteiger partial charge on any atom is 0.410 e. The van der Waals surface area contributed by atoms with Crippen molar-refractivity contribution in [1.29, 1.82) is 0 Å². The summed E-state index contributed by atoms with van der Waals surface area (Å²) < 4.78 is 11.1. The first-order valence-corrected chi connectivity index (χ1v) is 10.0. The number of carbonyl (C=O) groups is 2. The summed E-state index contributed by atoms with van der Waals surface area (Å²) in [6, 6.07) is 9.06. The minimum Gasteiger partial charge on any atom is -0.458 e. The fourth-order valence-electron chi connectivity index (χ4n) is 4.23. The fraction of sp³-hybridized carbons (Fsp3) is 0.636.